The van der Waals surface area contributed by atoms with Crippen molar-refractivity contribution in [3.63, 3.8) is 0 Å². The van der Waals surface area contributed by atoms with Gasteiger partial charge in [0.1, 0.15) is 17.6 Å². The molecule has 0 aromatic heterocycles. The summed E-state index contributed by atoms with van der Waals surface area (Å²) in [6, 6.07) is 22.3. The molecule has 0 bridgehead atoms. The summed E-state index contributed by atoms with van der Waals surface area (Å²) in [6.45, 7) is 1.17. The highest BCUT2D eigenvalue weighted by Gasteiger charge is 2.29. The molecule has 5 rings (SSSR count). The molecule has 2 atom stereocenters. The van der Waals surface area contributed by atoms with E-state index in [9.17, 15) is 24.6 Å². The van der Waals surface area contributed by atoms with Crippen molar-refractivity contribution < 1.29 is 29.3 Å². The number of phenols is 2. The molecule has 1 fully saturated rings. The van der Waals surface area contributed by atoms with Crippen LogP contribution < -0.4 is 10.6 Å². The molecule has 9 heteroatoms. The highest BCUT2D eigenvalue weighted by molar-refractivity contribution is 6.12. The average Bonchev–Trinajstić information content (AvgIpc) is 3.17. The first-order valence-corrected chi connectivity index (χ1v) is 12.8. The van der Waals surface area contributed by atoms with Crippen LogP contribution in [-0.4, -0.2) is 53.1 Å². The van der Waals surface area contributed by atoms with E-state index in [4.69, 9.17) is 4.74 Å². The second-order valence-corrected chi connectivity index (χ2v) is 9.54. The number of ketones is 1. The number of esters is 1. The summed E-state index contributed by atoms with van der Waals surface area (Å²) in [6.07, 6.45) is 0.785. The first kappa shape index (κ1) is 28.6. The number of carbonyl (C=O) groups is 3. The van der Waals surface area contributed by atoms with E-state index >= 15 is 0 Å². The van der Waals surface area contributed by atoms with Crippen LogP contribution in [0.3, 0.4) is 0 Å². The molecule has 0 spiro atoms. The molecule has 1 amide bonds. The van der Waals surface area contributed by atoms with Gasteiger partial charge in [-0.2, -0.15) is 0 Å². The Morgan fingerprint density at radius 3 is 2.15 bits per heavy atom. The molecule has 0 saturated carbocycles. The van der Waals surface area contributed by atoms with Crippen molar-refractivity contribution in [1.29, 1.82) is 0 Å². The zero-order valence-corrected chi connectivity index (χ0v) is 22.3. The third kappa shape index (κ3) is 6.42. The van der Waals surface area contributed by atoms with Crippen molar-refractivity contribution in [3.8, 4) is 11.5 Å². The number of halogens is 1. The number of hydrogen-bond acceptors (Lipinski definition) is 7. The second-order valence-electron chi connectivity index (χ2n) is 9.54. The highest BCUT2D eigenvalue weighted by Crippen LogP contribution is 2.27. The van der Waals surface area contributed by atoms with Gasteiger partial charge in [0, 0.05) is 17.7 Å². The van der Waals surface area contributed by atoms with Crippen molar-refractivity contribution in [3.05, 3.63) is 107 Å². The van der Waals surface area contributed by atoms with E-state index in [1.807, 2.05) is 24.3 Å². The van der Waals surface area contributed by atoms with Crippen LogP contribution in [0.15, 0.2) is 84.9 Å². The van der Waals surface area contributed by atoms with Gasteiger partial charge in [-0.1, -0.05) is 36.4 Å². The minimum absolute atomic E-state index is 0. The summed E-state index contributed by atoms with van der Waals surface area (Å²) >= 11 is 0. The maximum absolute atomic E-state index is 13.1. The van der Waals surface area contributed by atoms with Crippen LogP contribution in [-0.2, 0) is 4.74 Å². The fourth-order valence-corrected chi connectivity index (χ4v) is 4.70. The first-order valence-electron chi connectivity index (χ1n) is 12.8. The standard InChI is InChI=1S/C31H28N2O6.ClH/c34-24-13-11-20(12-14-24)30(37)33-26-18-32-15-3-6-28(26)39-31(38)21-9-7-19(8-10-21)29(36)25-16-22-4-1-2-5-23(22)17-27(25)35;/h1-2,4-5,7-14,16-17,26,28,32,34-35H,3,6,15,18H2,(H,33,37);1H/t26-,28-;/m1./s1. The lowest BCUT2D eigenvalue weighted by atomic mass is 9.98. The quantitative estimate of drug-likeness (QED) is 0.200. The van der Waals surface area contributed by atoms with Gasteiger partial charge in [0.2, 0.25) is 0 Å². The van der Waals surface area contributed by atoms with Gasteiger partial charge in [0.25, 0.3) is 5.91 Å². The molecule has 4 aromatic rings. The van der Waals surface area contributed by atoms with Crippen molar-refractivity contribution in [1.82, 2.24) is 10.6 Å². The van der Waals surface area contributed by atoms with Gasteiger partial charge in [0.05, 0.1) is 17.2 Å². The molecule has 1 heterocycles. The fraction of sp³-hybridized carbons (Fsp3) is 0.194. The Morgan fingerprint density at radius 1 is 0.825 bits per heavy atom. The van der Waals surface area contributed by atoms with Crippen LogP contribution >= 0.6 is 12.4 Å². The highest BCUT2D eigenvalue weighted by atomic mass is 35.5. The molecular weight excluding hydrogens is 532 g/mol. The van der Waals surface area contributed by atoms with Gasteiger partial charge in [0.15, 0.2) is 5.78 Å². The Balaban J connectivity index is 0.00000370. The molecule has 8 nitrogen and oxygen atoms in total. The predicted octanol–water partition coefficient (Wildman–Crippen LogP) is 4.61. The predicted molar refractivity (Wildman–Crippen MR) is 153 cm³/mol. The Morgan fingerprint density at radius 2 is 1.45 bits per heavy atom. The lowest BCUT2D eigenvalue weighted by Gasteiger charge is -2.26. The summed E-state index contributed by atoms with van der Waals surface area (Å²) in [5.41, 5.74) is 1.17. The van der Waals surface area contributed by atoms with Gasteiger partial charge in [-0.05, 0) is 78.7 Å². The monoisotopic (exact) mass is 560 g/mol. The van der Waals surface area contributed by atoms with Gasteiger partial charge >= 0.3 is 5.97 Å². The number of nitrogens with one attached hydrogen (secondary N) is 2. The number of benzene rings is 4. The van der Waals surface area contributed by atoms with Gasteiger partial charge < -0.3 is 25.6 Å². The molecule has 4 N–H and O–H groups in total. The van der Waals surface area contributed by atoms with Gasteiger partial charge in [-0.15, -0.1) is 12.4 Å². The Hall–Kier alpha value is -4.40. The number of amides is 1. The van der Waals surface area contributed by atoms with E-state index in [-0.39, 0.29) is 46.7 Å². The Labute approximate surface area is 237 Å². The summed E-state index contributed by atoms with van der Waals surface area (Å²) in [4.78, 5) is 38.8. The van der Waals surface area contributed by atoms with Crippen LogP contribution in [0.1, 0.15) is 49.5 Å². The number of hydrogen-bond donors (Lipinski definition) is 4. The van der Waals surface area contributed by atoms with E-state index in [0.717, 1.165) is 23.7 Å². The topological polar surface area (TPSA) is 125 Å². The molecule has 206 valence electrons. The maximum Gasteiger partial charge on any atom is 0.338 e. The van der Waals surface area contributed by atoms with Crippen molar-refractivity contribution in [2.24, 2.45) is 0 Å². The van der Waals surface area contributed by atoms with Gasteiger partial charge in [-0.25, -0.2) is 4.79 Å². The number of carbonyl (C=O) groups excluding carboxylic acids is 3. The third-order valence-electron chi connectivity index (χ3n) is 6.85. The van der Waals surface area contributed by atoms with Crippen LogP contribution in [0.25, 0.3) is 10.8 Å². The fourth-order valence-electron chi connectivity index (χ4n) is 4.70. The largest absolute Gasteiger partial charge is 0.508 e. The van der Waals surface area contributed by atoms with E-state index in [2.05, 4.69) is 10.6 Å². The summed E-state index contributed by atoms with van der Waals surface area (Å²) in [5, 5.41) is 27.7. The van der Waals surface area contributed by atoms with Gasteiger partial charge in [-0.3, -0.25) is 9.59 Å². The minimum atomic E-state index is -0.557. The second kappa shape index (κ2) is 12.6. The van der Waals surface area contributed by atoms with Crippen LogP contribution in [0, 0.1) is 0 Å². The summed E-state index contributed by atoms with van der Waals surface area (Å²) < 4.78 is 5.82. The lowest BCUT2D eigenvalue weighted by molar-refractivity contribution is 0.0192. The van der Waals surface area contributed by atoms with Crippen LogP contribution in [0.4, 0.5) is 0 Å². The lowest BCUT2D eigenvalue weighted by Crippen LogP contribution is -2.49. The number of fused-ring (bicyclic) bond motifs is 1. The van der Waals surface area contributed by atoms with Crippen molar-refractivity contribution >= 4 is 40.8 Å². The van der Waals surface area contributed by atoms with Crippen LogP contribution in [0.2, 0.25) is 0 Å². The molecule has 0 aliphatic carbocycles. The summed E-state index contributed by atoms with van der Waals surface area (Å²) in [5.74, 6) is -1.28. The number of phenolic OH excluding ortho intramolecular Hbond substituents is 2. The molecule has 4 aromatic carbocycles. The number of rotatable bonds is 6. The number of aromatic hydroxyl groups is 2. The van der Waals surface area contributed by atoms with Crippen LogP contribution in [0.5, 0.6) is 11.5 Å². The molecule has 1 aliphatic heterocycles. The van der Waals surface area contributed by atoms with Crippen molar-refractivity contribution in [2.75, 3.05) is 13.1 Å². The number of ether oxygens (including phenoxy) is 1. The Kier molecular flexibility index (Phi) is 9.04. The maximum atomic E-state index is 13.1. The third-order valence-corrected chi connectivity index (χ3v) is 6.85. The normalized spacial score (nSPS) is 16.8. The van der Waals surface area contributed by atoms with E-state index < -0.39 is 18.1 Å². The van der Waals surface area contributed by atoms with E-state index in [1.54, 1.807) is 12.1 Å². The average molecular weight is 561 g/mol. The molecule has 1 aliphatic rings. The molecule has 40 heavy (non-hydrogen) atoms. The summed E-state index contributed by atoms with van der Waals surface area (Å²) in [7, 11) is 0. The van der Waals surface area contributed by atoms with Crippen molar-refractivity contribution in [2.45, 2.75) is 25.0 Å². The molecule has 1 saturated heterocycles. The molecule has 0 unspecified atom stereocenters. The zero-order chi connectivity index (χ0) is 27.4. The van der Waals surface area contributed by atoms with E-state index in [1.165, 1.54) is 48.5 Å². The molecule has 0 radical (unpaired) electrons. The Bertz CT molecular complexity index is 1520. The van der Waals surface area contributed by atoms with E-state index in [0.29, 0.717) is 24.1 Å². The molecular formula is C31H29ClN2O6. The zero-order valence-electron chi connectivity index (χ0n) is 21.5. The minimum Gasteiger partial charge on any atom is -0.508 e. The smallest absolute Gasteiger partial charge is 0.338 e. The SMILES string of the molecule is Cl.O=C(N[C@@H]1CNCCC[C@H]1OC(=O)c1ccc(C(=O)c2cc3ccccc3cc2O)cc1)c1ccc(O)cc1. The first-order chi connectivity index (χ1) is 18.9.